The van der Waals surface area contributed by atoms with E-state index in [2.05, 4.69) is 15.5 Å². The summed E-state index contributed by atoms with van der Waals surface area (Å²) in [4.78, 5) is 11.6. The highest BCUT2D eigenvalue weighted by Crippen LogP contribution is 2.19. The molecule has 1 atom stereocenters. The number of nitrogens with zero attached hydrogens (tertiary/aromatic N) is 2. The lowest BCUT2D eigenvalue weighted by Gasteiger charge is -2.23. The van der Waals surface area contributed by atoms with Gasteiger partial charge in [0.05, 0.1) is 0 Å². The second-order valence-electron chi connectivity index (χ2n) is 3.42. The van der Waals surface area contributed by atoms with Crippen LogP contribution in [0, 0.1) is 4.77 Å². The number of aromatic amines is 1. The molecule has 0 spiro atoms. The number of hydrogen-bond acceptors (Lipinski definition) is 4. The molecule has 1 amide bonds. The van der Waals surface area contributed by atoms with Gasteiger partial charge in [0.25, 0.3) is 0 Å². The Hall–Kier alpha value is -1.21. The van der Waals surface area contributed by atoms with E-state index in [-0.39, 0.29) is 18.6 Å². The molecule has 1 unspecified atom stereocenters. The van der Waals surface area contributed by atoms with E-state index in [9.17, 15) is 4.79 Å². The molecule has 1 aliphatic heterocycles. The van der Waals surface area contributed by atoms with Crippen LogP contribution in [0.25, 0.3) is 0 Å². The van der Waals surface area contributed by atoms with Crippen molar-refractivity contribution < 1.29 is 9.90 Å². The van der Waals surface area contributed by atoms with Crippen LogP contribution in [0.15, 0.2) is 0 Å². The first-order chi connectivity index (χ1) is 7.24. The molecule has 6 nitrogen and oxygen atoms in total. The molecule has 0 aliphatic carbocycles. The molecule has 2 heterocycles. The number of aliphatic hydroxyl groups is 1. The molecule has 0 aromatic carbocycles. The van der Waals surface area contributed by atoms with Gasteiger partial charge in [-0.3, -0.25) is 14.5 Å². The molecule has 1 aliphatic rings. The van der Waals surface area contributed by atoms with Crippen LogP contribution in [-0.4, -0.2) is 32.3 Å². The third kappa shape index (κ3) is 1.80. The van der Waals surface area contributed by atoms with E-state index < -0.39 is 0 Å². The van der Waals surface area contributed by atoms with E-state index in [4.69, 9.17) is 17.3 Å². The summed E-state index contributed by atoms with van der Waals surface area (Å²) < 4.78 is 1.96. The summed E-state index contributed by atoms with van der Waals surface area (Å²) in [6, 6.07) is -0.341. The first-order valence-corrected chi connectivity index (χ1v) is 5.19. The highest BCUT2D eigenvalue weighted by Gasteiger charge is 2.26. The van der Waals surface area contributed by atoms with Crippen LogP contribution < -0.4 is 5.32 Å². The SMILES string of the molecule is O=C1NCCCC1n1c(CO)n[nH]c1=S. The van der Waals surface area contributed by atoms with Gasteiger partial charge in [0.2, 0.25) is 5.91 Å². The smallest absolute Gasteiger partial charge is 0.243 e. The van der Waals surface area contributed by atoms with Gasteiger partial charge in [0.1, 0.15) is 12.6 Å². The zero-order chi connectivity index (χ0) is 10.8. The molecule has 0 radical (unpaired) electrons. The van der Waals surface area contributed by atoms with E-state index in [1.165, 1.54) is 0 Å². The quantitative estimate of drug-likeness (QED) is 0.616. The topological polar surface area (TPSA) is 82.9 Å². The summed E-state index contributed by atoms with van der Waals surface area (Å²) in [6.07, 6.45) is 1.64. The van der Waals surface area contributed by atoms with Gasteiger partial charge < -0.3 is 10.4 Å². The van der Waals surface area contributed by atoms with Gasteiger partial charge in [0.15, 0.2) is 10.6 Å². The van der Waals surface area contributed by atoms with Crippen LogP contribution in [0.2, 0.25) is 0 Å². The number of nitrogens with one attached hydrogen (secondary N) is 2. The van der Waals surface area contributed by atoms with Crippen molar-refractivity contribution in [3.05, 3.63) is 10.6 Å². The Morgan fingerprint density at radius 1 is 1.67 bits per heavy atom. The van der Waals surface area contributed by atoms with Crippen molar-refractivity contribution in [1.82, 2.24) is 20.1 Å². The van der Waals surface area contributed by atoms with Gasteiger partial charge >= 0.3 is 0 Å². The Kier molecular flexibility index (Phi) is 2.83. The Morgan fingerprint density at radius 3 is 3.13 bits per heavy atom. The summed E-state index contributed by atoms with van der Waals surface area (Å²) >= 11 is 5.03. The lowest BCUT2D eigenvalue weighted by Crippen LogP contribution is -2.38. The zero-order valence-corrected chi connectivity index (χ0v) is 8.88. The maximum absolute atomic E-state index is 11.6. The fraction of sp³-hybridized carbons (Fsp3) is 0.625. The fourth-order valence-electron chi connectivity index (χ4n) is 1.77. The number of carbonyl (C=O) groups is 1. The van der Waals surface area contributed by atoms with Crippen molar-refractivity contribution in [3.63, 3.8) is 0 Å². The lowest BCUT2D eigenvalue weighted by molar-refractivity contribution is -0.125. The van der Waals surface area contributed by atoms with Crippen LogP contribution >= 0.6 is 12.2 Å². The van der Waals surface area contributed by atoms with E-state index in [0.29, 0.717) is 17.1 Å². The molecule has 1 aromatic rings. The highest BCUT2D eigenvalue weighted by molar-refractivity contribution is 7.71. The predicted octanol–water partition coefficient (Wildman–Crippen LogP) is -0.116. The largest absolute Gasteiger partial charge is 0.388 e. The number of carbonyl (C=O) groups excluding carboxylic acids is 1. The molecule has 1 saturated heterocycles. The van der Waals surface area contributed by atoms with Gasteiger partial charge in [-0.25, -0.2) is 0 Å². The number of amides is 1. The summed E-state index contributed by atoms with van der Waals surface area (Å²) in [5, 5.41) is 18.3. The number of aliphatic hydroxyl groups excluding tert-OH is 1. The molecule has 2 rings (SSSR count). The van der Waals surface area contributed by atoms with Crippen molar-refractivity contribution in [2.75, 3.05) is 6.54 Å². The molecule has 82 valence electrons. The number of hydrogen-bond donors (Lipinski definition) is 3. The molecule has 0 saturated carbocycles. The number of piperidine rings is 1. The van der Waals surface area contributed by atoms with Gasteiger partial charge in [-0.2, -0.15) is 5.10 Å². The average Bonchev–Trinajstić information content (AvgIpc) is 2.60. The Labute approximate surface area is 91.3 Å². The maximum Gasteiger partial charge on any atom is 0.243 e. The summed E-state index contributed by atoms with van der Waals surface area (Å²) in [6.45, 7) is 0.478. The van der Waals surface area contributed by atoms with Crippen molar-refractivity contribution in [2.24, 2.45) is 0 Å². The van der Waals surface area contributed by atoms with Crippen molar-refractivity contribution in [2.45, 2.75) is 25.5 Å². The van der Waals surface area contributed by atoms with Crippen LogP contribution in [0.5, 0.6) is 0 Å². The lowest BCUT2D eigenvalue weighted by atomic mass is 10.1. The maximum atomic E-state index is 11.6. The van der Waals surface area contributed by atoms with Gasteiger partial charge in [0, 0.05) is 6.54 Å². The molecule has 3 N–H and O–H groups in total. The molecular weight excluding hydrogens is 216 g/mol. The van der Waals surface area contributed by atoms with E-state index in [0.717, 1.165) is 12.8 Å². The third-order valence-corrected chi connectivity index (χ3v) is 2.77. The number of H-pyrrole nitrogens is 1. The van der Waals surface area contributed by atoms with Crippen LogP contribution in [0.3, 0.4) is 0 Å². The second kappa shape index (κ2) is 4.11. The molecule has 15 heavy (non-hydrogen) atoms. The molecule has 1 aromatic heterocycles. The van der Waals surface area contributed by atoms with Gasteiger partial charge in [-0.05, 0) is 25.1 Å². The Bertz CT molecular complexity index is 425. The predicted molar refractivity (Wildman–Crippen MR) is 54.6 cm³/mol. The van der Waals surface area contributed by atoms with E-state index >= 15 is 0 Å². The van der Waals surface area contributed by atoms with Crippen molar-refractivity contribution in [1.29, 1.82) is 0 Å². The summed E-state index contributed by atoms with van der Waals surface area (Å²) in [5.74, 6) is 0.343. The van der Waals surface area contributed by atoms with E-state index in [1.54, 1.807) is 4.57 Å². The van der Waals surface area contributed by atoms with Gasteiger partial charge in [-0.15, -0.1) is 0 Å². The number of aromatic nitrogens is 3. The summed E-state index contributed by atoms with van der Waals surface area (Å²) in [7, 11) is 0. The molecule has 7 heteroatoms. The Balaban J connectivity index is 2.38. The van der Waals surface area contributed by atoms with Crippen molar-refractivity contribution in [3.8, 4) is 0 Å². The van der Waals surface area contributed by atoms with Crippen LogP contribution in [-0.2, 0) is 11.4 Å². The fourth-order valence-corrected chi connectivity index (χ4v) is 2.05. The number of rotatable bonds is 2. The van der Waals surface area contributed by atoms with Crippen molar-refractivity contribution >= 4 is 18.1 Å². The normalized spacial score (nSPS) is 21.4. The first-order valence-electron chi connectivity index (χ1n) is 4.78. The molecule has 0 bridgehead atoms. The highest BCUT2D eigenvalue weighted by atomic mass is 32.1. The average molecular weight is 228 g/mol. The van der Waals surface area contributed by atoms with Crippen LogP contribution in [0.1, 0.15) is 24.7 Å². The zero-order valence-electron chi connectivity index (χ0n) is 8.06. The monoisotopic (exact) mass is 228 g/mol. The minimum Gasteiger partial charge on any atom is -0.388 e. The molecular formula is C8H12N4O2S. The summed E-state index contributed by atoms with van der Waals surface area (Å²) in [5.41, 5.74) is 0. The minimum atomic E-state index is -0.341. The standard InChI is InChI=1S/C8H12N4O2S/c13-4-6-10-11-8(15)12(6)5-2-1-3-9-7(5)14/h5,13H,1-4H2,(H,9,14)(H,11,15). The molecule has 1 fully saturated rings. The Morgan fingerprint density at radius 2 is 2.47 bits per heavy atom. The van der Waals surface area contributed by atoms with E-state index in [1.807, 2.05) is 0 Å². The minimum absolute atomic E-state index is 0.0616. The van der Waals surface area contributed by atoms with Gasteiger partial charge in [-0.1, -0.05) is 0 Å². The third-order valence-electron chi connectivity index (χ3n) is 2.49. The second-order valence-corrected chi connectivity index (χ2v) is 3.81. The van der Waals surface area contributed by atoms with Crippen LogP contribution in [0.4, 0.5) is 0 Å². The first kappa shape index (κ1) is 10.3.